The predicted octanol–water partition coefficient (Wildman–Crippen LogP) is 3.00. The first-order valence-corrected chi connectivity index (χ1v) is 6.63. The highest BCUT2D eigenvalue weighted by molar-refractivity contribution is 5.93. The van der Waals surface area contributed by atoms with Crippen LogP contribution in [0.2, 0.25) is 0 Å². The van der Waals surface area contributed by atoms with Crippen LogP contribution in [0.3, 0.4) is 0 Å². The number of ether oxygens (including phenoxy) is 1. The Morgan fingerprint density at radius 3 is 2.28 bits per heavy atom. The van der Waals surface area contributed by atoms with Crippen LogP contribution in [0.4, 0.5) is 4.79 Å². The van der Waals surface area contributed by atoms with Crippen molar-refractivity contribution in [1.29, 1.82) is 0 Å². The maximum atomic E-state index is 12.3. The van der Waals surface area contributed by atoms with E-state index in [-0.39, 0.29) is 17.8 Å². The summed E-state index contributed by atoms with van der Waals surface area (Å²) in [5.41, 5.74) is -1.22. The highest BCUT2D eigenvalue weighted by atomic mass is 16.6. The van der Waals surface area contributed by atoms with Crippen LogP contribution in [0.15, 0.2) is 0 Å². The third kappa shape index (κ3) is 3.03. The molecule has 0 aromatic rings. The maximum Gasteiger partial charge on any atom is 0.411 e. The monoisotopic (exact) mass is 255 g/mol. The van der Waals surface area contributed by atoms with Crippen molar-refractivity contribution in [3.63, 3.8) is 0 Å². The molecule has 0 N–H and O–H groups in total. The molecule has 0 aromatic carbocycles. The van der Waals surface area contributed by atoms with Crippen LogP contribution >= 0.6 is 0 Å². The van der Waals surface area contributed by atoms with E-state index in [9.17, 15) is 9.59 Å². The third-order valence-electron chi connectivity index (χ3n) is 3.31. The minimum Gasteiger partial charge on any atom is -0.444 e. The second-order valence-electron chi connectivity index (χ2n) is 6.53. The van der Waals surface area contributed by atoms with Crippen molar-refractivity contribution in [2.75, 3.05) is 6.54 Å². The molecule has 0 aromatic heterocycles. The zero-order valence-electron chi connectivity index (χ0n) is 12.4. The summed E-state index contributed by atoms with van der Waals surface area (Å²) >= 11 is 0. The lowest BCUT2D eigenvalue weighted by Gasteiger charge is -2.36. The van der Waals surface area contributed by atoms with Crippen molar-refractivity contribution >= 4 is 11.9 Å². The zero-order valence-corrected chi connectivity index (χ0v) is 12.4. The van der Waals surface area contributed by atoms with Crippen LogP contribution in [-0.4, -0.2) is 34.5 Å². The lowest BCUT2D eigenvalue weighted by Crippen LogP contribution is -2.53. The molecule has 4 heteroatoms. The topological polar surface area (TPSA) is 46.6 Å². The Hall–Kier alpha value is -1.06. The summed E-state index contributed by atoms with van der Waals surface area (Å²) in [7, 11) is 0. The van der Waals surface area contributed by atoms with E-state index < -0.39 is 11.1 Å². The van der Waals surface area contributed by atoms with Crippen molar-refractivity contribution in [2.45, 2.75) is 65.5 Å². The normalized spacial score (nSPS) is 24.5. The number of ketones is 1. The fourth-order valence-electron chi connectivity index (χ4n) is 2.45. The van der Waals surface area contributed by atoms with Gasteiger partial charge in [0.15, 0.2) is 5.78 Å². The molecule has 1 aliphatic heterocycles. The summed E-state index contributed by atoms with van der Waals surface area (Å²) in [6.45, 7) is 11.7. The fourth-order valence-corrected chi connectivity index (χ4v) is 2.45. The number of amides is 1. The van der Waals surface area contributed by atoms with Gasteiger partial charge in [0.25, 0.3) is 0 Å². The van der Waals surface area contributed by atoms with Gasteiger partial charge in [-0.3, -0.25) is 9.69 Å². The standard InChI is InChI=1S/C14H25NO3/c1-10(2)11(16)14(6)8-7-9-15(14)12(17)18-13(3,4)5/h10H,7-9H2,1-6H3/t14-/m0/s1. The number of nitrogens with zero attached hydrogens (tertiary/aromatic N) is 1. The minimum atomic E-state index is -0.698. The molecule has 0 bridgehead atoms. The molecule has 0 radical (unpaired) electrons. The Labute approximate surface area is 110 Å². The van der Waals surface area contributed by atoms with E-state index in [1.807, 2.05) is 41.5 Å². The molecule has 0 spiro atoms. The van der Waals surface area contributed by atoms with Gasteiger partial charge in [0.2, 0.25) is 0 Å². The van der Waals surface area contributed by atoms with E-state index >= 15 is 0 Å². The number of carbonyl (C=O) groups is 2. The molecule has 1 rings (SSSR count). The molecular formula is C14H25NO3. The van der Waals surface area contributed by atoms with E-state index in [0.717, 1.165) is 12.8 Å². The van der Waals surface area contributed by atoms with Gasteiger partial charge in [-0.1, -0.05) is 13.8 Å². The molecule has 1 saturated heterocycles. The first kappa shape index (κ1) is 15.0. The van der Waals surface area contributed by atoms with Gasteiger partial charge >= 0.3 is 6.09 Å². The smallest absolute Gasteiger partial charge is 0.411 e. The zero-order chi connectivity index (χ0) is 14.1. The Morgan fingerprint density at radius 1 is 1.28 bits per heavy atom. The summed E-state index contributed by atoms with van der Waals surface area (Å²) < 4.78 is 5.38. The summed E-state index contributed by atoms with van der Waals surface area (Å²) in [6.07, 6.45) is 1.20. The number of rotatable bonds is 2. The van der Waals surface area contributed by atoms with Crippen molar-refractivity contribution < 1.29 is 14.3 Å². The first-order chi connectivity index (χ1) is 8.08. The summed E-state index contributed by atoms with van der Waals surface area (Å²) in [4.78, 5) is 26.1. The minimum absolute atomic E-state index is 0.0713. The molecule has 1 fully saturated rings. The summed E-state index contributed by atoms with van der Waals surface area (Å²) in [5.74, 6) is 0.0453. The predicted molar refractivity (Wildman–Crippen MR) is 70.4 cm³/mol. The van der Waals surface area contributed by atoms with Crippen molar-refractivity contribution in [3.05, 3.63) is 0 Å². The number of hydrogen-bond acceptors (Lipinski definition) is 3. The number of hydrogen-bond donors (Lipinski definition) is 0. The third-order valence-corrected chi connectivity index (χ3v) is 3.31. The van der Waals surface area contributed by atoms with Crippen LogP contribution in [0.25, 0.3) is 0 Å². The summed E-state index contributed by atoms with van der Waals surface area (Å²) in [6, 6.07) is 0. The molecule has 0 aliphatic carbocycles. The molecule has 18 heavy (non-hydrogen) atoms. The number of carbonyl (C=O) groups excluding carboxylic acids is 2. The largest absolute Gasteiger partial charge is 0.444 e. The molecule has 1 aliphatic rings. The number of Topliss-reactive ketones (excluding diaryl/α,β-unsaturated/α-hetero) is 1. The average Bonchev–Trinajstić information content (AvgIpc) is 2.57. The van der Waals surface area contributed by atoms with E-state index in [2.05, 4.69) is 0 Å². The molecule has 0 saturated carbocycles. The van der Waals surface area contributed by atoms with E-state index in [1.54, 1.807) is 4.90 Å². The van der Waals surface area contributed by atoms with Gasteiger partial charge < -0.3 is 4.74 Å². The van der Waals surface area contributed by atoms with E-state index in [1.165, 1.54) is 0 Å². The molecule has 104 valence electrons. The quantitative estimate of drug-likeness (QED) is 0.762. The van der Waals surface area contributed by atoms with E-state index in [0.29, 0.717) is 6.54 Å². The number of likely N-dealkylation sites (tertiary alicyclic amines) is 1. The Bertz CT molecular complexity index is 343. The van der Waals surface area contributed by atoms with Crippen molar-refractivity contribution in [1.82, 2.24) is 4.90 Å². The maximum absolute atomic E-state index is 12.3. The Balaban J connectivity index is 2.88. The van der Waals surface area contributed by atoms with Gasteiger partial charge in [-0.25, -0.2) is 4.79 Å². The van der Waals surface area contributed by atoms with Crippen LogP contribution in [0, 0.1) is 5.92 Å². The van der Waals surface area contributed by atoms with Crippen LogP contribution < -0.4 is 0 Å². The fraction of sp³-hybridized carbons (Fsp3) is 0.857. The molecule has 1 amide bonds. The molecule has 0 unspecified atom stereocenters. The highest BCUT2D eigenvalue weighted by Crippen LogP contribution is 2.33. The van der Waals surface area contributed by atoms with Gasteiger partial charge in [0, 0.05) is 12.5 Å². The van der Waals surface area contributed by atoms with Gasteiger partial charge in [-0.15, -0.1) is 0 Å². The van der Waals surface area contributed by atoms with Gasteiger partial charge in [-0.2, -0.15) is 0 Å². The highest BCUT2D eigenvalue weighted by Gasteiger charge is 2.47. The Morgan fingerprint density at radius 2 is 1.83 bits per heavy atom. The second kappa shape index (κ2) is 4.90. The molecule has 1 atom stereocenters. The first-order valence-electron chi connectivity index (χ1n) is 6.63. The van der Waals surface area contributed by atoms with Crippen LogP contribution in [0.1, 0.15) is 54.4 Å². The van der Waals surface area contributed by atoms with E-state index in [4.69, 9.17) is 4.74 Å². The molecular weight excluding hydrogens is 230 g/mol. The van der Waals surface area contributed by atoms with Crippen molar-refractivity contribution in [3.8, 4) is 0 Å². The SMILES string of the molecule is CC(C)C(=O)[C@]1(C)CCCN1C(=O)OC(C)(C)C. The van der Waals surface area contributed by atoms with Crippen LogP contribution in [-0.2, 0) is 9.53 Å². The molecule has 1 heterocycles. The lowest BCUT2D eigenvalue weighted by atomic mass is 9.87. The Kier molecular flexibility index (Phi) is 4.08. The van der Waals surface area contributed by atoms with Crippen molar-refractivity contribution in [2.24, 2.45) is 5.92 Å². The lowest BCUT2D eigenvalue weighted by molar-refractivity contribution is -0.131. The summed E-state index contributed by atoms with van der Waals surface area (Å²) in [5, 5.41) is 0. The van der Waals surface area contributed by atoms with Gasteiger partial charge in [0.1, 0.15) is 11.1 Å². The molecule has 4 nitrogen and oxygen atoms in total. The van der Waals surface area contributed by atoms with Gasteiger partial charge in [-0.05, 0) is 40.5 Å². The van der Waals surface area contributed by atoms with Crippen LogP contribution in [0.5, 0.6) is 0 Å². The second-order valence-corrected chi connectivity index (χ2v) is 6.53. The van der Waals surface area contributed by atoms with Gasteiger partial charge in [0.05, 0.1) is 0 Å². The average molecular weight is 255 g/mol.